The van der Waals surface area contributed by atoms with Gasteiger partial charge in [-0.2, -0.15) is 0 Å². The van der Waals surface area contributed by atoms with Crippen LogP contribution in [0.4, 0.5) is 5.69 Å². The van der Waals surface area contributed by atoms with Crippen molar-refractivity contribution in [2.24, 2.45) is 0 Å². The van der Waals surface area contributed by atoms with Crippen LogP contribution in [0.25, 0.3) is 0 Å². The lowest BCUT2D eigenvalue weighted by molar-refractivity contribution is 0.254. The van der Waals surface area contributed by atoms with Gasteiger partial charge in [-0.3, -0.25) is 0 Å². The molecule has 6 heteroatoms. The van der Waals surface area contributed by atoms with Gasteiger partial charge < -0.3 is 10.8 Å². The summed E-state index contributed by atoms with van der Waals surface area (Å²) in [5, 5.41) is 8.95. The van der Waals surface area contributed by atoms with Crippen molar-refractivity contribution in [3.63, 3.8) is 0 Å². The Kier molecular flexibility index (Phi) is 4.92. The molecule has 0 spiro atoms. The van der Waals surface area contributed by atoms with E-state index < -0.39 is 16.1 Å². The van der Waals surface area contributed by atoms with Crippen molar-refractivity contribution in [1.29, 1.82) is 0 Å². The summed E-state index contributed by atoms with van der Waals surface area (Å²) in [5.74, 6) is -0.130. The minimum Gasteiger partial charge on any atom is -0.399 e. The zero-order valence-electron chi connectivity index (χ0n) is 9.76. The van der Waals surface area contributed by atoms with Crippen molar-refractivity contribution in [2.75, 3.05) is 12.3 Å². The van der Waals surface area contributed by atoms with E-state index in [1.54, 1.807) is 24.3 Å². The SMILES string of the molecule is CC[C@@H](CO)NS(=O)(=O)Cc1cccc(N)c1. The summed E-state index contributed by atoms with van der Waals surface area (Å²) in [4.78, 5) is 0. The van der Waals surface area contributed by atoms with Crippen LogP contribution < -0.4 is 10.5 Å². The molecule has 0 radical (unpaired) electrons. The molecule has 0 aliphatic heterocycles. The van der Waals surface area contributed by atoms with Gasteiger partial charge in [-0.25, -0.2) is 13.1 Å². The highest BCUT2D eigenvalue weighted by Crippen LogP contribution is 2.10. The molecule has 1 rings (SSSR count). The van der Waals surface area contributed by atoms with Crippen LogP contribution >= 0.6 is 0 Å². The van der Waals surface area contributed by atoms with Gasteiger partial charge in [0.25, 0.3) is 0 Å². The molecule has 0 saturated carbocycles. The van der Waals surface area contributed by atoms with Crippen molar-refractivity contribution < 1.29 is 13.5 Å². The minimum atomic E-state index is -3.44. The molecule has 0 unspecified atom stereocenters. The first kappa shape index (κ1) is 14.0. The molecule has 0 aliphatic carbocycles. The van der Waals surface area contributed by atoms with Gasteiger partial charge in [-0.05, 0) is 24.1 Å². The molecule has 1 aromatic carbocycles. The Morgan fingerprint density at radius 2 is 2.18 bits per heavy atom. The smallest absolute Gasteiger partial charge is 0.216 e. The van der Waals surface area contributed by atoms with E-state index in [1.165, 1.54) is 0 Å². The fourth-order valence-electron chi connectivity index (χ4n) is 1.45. The summed E-state index contributed by atoms with van der Waals surface area (Å²) in [6, 6.07) is 6.31. The van der Waals surface area contributed by atoms with Crippen LogP contribution in [-0.4, -0.2) is 26.2 Å². The third kappa shape index (κ3) is 4.72. The minimum absolute atomic E-state index is 0.130. The van der Waals surface area contributed by atoms with Crippen LogP contribution in [0.2, 0.25) is 0 Å². The maximum Gasteiger partial charge on any atom is 0.216 e. The number of aliphatic hydroxyl groups excluding tert-OH is 1. The van der Waals surface area contributed by atoms with Gasteiger partial charge >= 0.3 is 0 Å². The molecule has 1 aromatic rings. The molecule has 4 N–H and O–H groups in total. The highest BCUT2D eigenvalue weighted by atomic mass is 32.2. The molecule has 0 fully saturated rings. The Morgan fingerprint density at radius 3 is 2.71 bits per heavy atom. The molecule has 0 bridgehead atoms. The second kappa shape index (κ2) is 6.00. The van der Waals surface area contributed by atoms with E-state index >= 15 is 0 Å². The van der Waals surface area contributed by atoms with Crippen molar-refractivity contribution in [1.82, 2.24) is 4.72 Å². The van der Waals surface area contributed by atoms with Crippen molar-refractivity contribution in [2.45, 2.75) is 25.1 Å². The summed E-state index contributed by atoms with van der Waals surface area (Å²) < 4.78 is 26.0. The first-order valence-corrected chi connectivity index (χ1v) is 7.07. The van der Waals surface area contributed by atoms with Gasteiger partial charge in [0.15, 0.2) is 0 Å². The number of nitrogen functional groups attached to an aromatic ring is 1. The molecular weight excluding hydrogens is 240 g/mol. The molecule has 5 nitrogen and oxygen atoms in total. The van der Waals surface area contributed by atoms with E-state index in [2.05, 4.69) is 4.72 Å². The summed E-state index contributed by atoms with van der Waals surface area (Å²) in [6.07, 6.45) is 0.548. The number of hydrogen-bond donors (Lipinski definition) is 3. The number of sulfonamides is 1. The van der Waals surface area contributed by atoms with Crippen LogP contribution in [0, 0.1) is 0 Å². The van der Waals surface area contributed by atoms with Gasteiger partial charge in [0.2, 0.25) is 10.0 Å². The van der Waals surface area contributed by atoms with Crippen LogP contribution in [0.5, 0.6) is 0 Å². The fraction of sp³-hybridized carbons (Fsp3) is 0.455. The molecule has 0 aliphatic rings. The molecule has 0 aromatic heterocycles. The zero-order chi connectivity index (χ0) is 12.9. The first-order chi connectivity index (χ1) is 7.96. The quantitative estimate of drug-likeness (QED) is 0.646. The Bertz CT molecular complexity index is 456. The Labute approximate surface area is 102 Å². The number of nitrogens with two attached hydrogens (primary N) is 1. The van der Waals surface area contributed by atoms with E-state index in [-0.39, 0.29) is 12.4 Å². The molecule has 96 valence electrons. The molecule has 17 heavy (non-hydrogen) atoms. The number of aliphatic hydroxyl groups is 1. The largest absolute Gasteiger partial charge is 0.399 e. The van der Waals surface area contributed by atoms with Crippen molar-refractivity contribution in [3.8, 4) is 0 Å². The second-order valence-corrected chi connectivity index (χ2v) is 5.66. The Balaban J connectivity index is 2.73. The van der Waals surface area contributed by atoms with Gasteiger partial charge in [0.1, 0.15) is 0 Å². The summed E-state index contributed by atoms with van der Waals surface area (Å²) >= 11 is 0. The monoisotopic (exact) mass is 258 g/mol. The molecule has 0 saturated heterocycles. The topological polar surface area (TPSA) is 92.4 Å². The first-order valence-electron chi connectivity index (χ1n) is 5.42. The highest BCUT2D eigenvalue weighted by Gasteiger charge is 2.16. The van der Waals surface area contributed by atoms with Gasteiger partial charge in [0, 0.05) is 11.7 Å². The van der Waals surface area contributed by atoms with E-state index in [0.29, 0.717) is 17.7 Å². The summed E-state index contributed by atoms with van der Waals surface area (Å²) in [5.41, 5.74) is 6.74. The predicted octanol–water partition coefficient (Wildman–Crippen LogP) is 0.459. The standard InChI is InChI=1S/C11H18N2O3S/c1-2-11(7-14)13-17(15,16)8-9-4-3-5-10(12)6-9/h3-6,11,13-14H,2,7-8,12H2,1H3/t11-/m0/s1. The van der Waals surface area contributed by atoms with E-state index in [1.807, 2.05) is 6.92 Å². The van der Waals surface area contributed by atoms with E-state index in [4.69, 9.17) is 10.8 Å². The second-order valence-electron chi connectivity index (χ2n) is 3.91. The Morgan fingerprint density at radius 1 is 1.47 bits per heavy atom. The van der Waals surface area contributed by atoms with Crippen LogP contribution in [0.15, 0.2) is 24.3 Å². The molecule has 1 atom stereocenters. The number of rotatable bonds is 6. The molecule has 0 heterocycles. The highest BCUT2D eigenvalue weighted by molar-refractivity contribution is 7.88. The predicted molar refractivity (Wildman–Crippen MR) is 67.8 cm³/mol. The lowest BCUT2D eigenvalue weighted by atomic mass is 10.2. The van der Waals surface area contributed by atoms with Crippen LogP contribution in [0.3, 0.4) is 0 Å². The van der Waals surface area contributed by atoms with Crippen LogP contribution in [0.1, 0.15) is 18.9 Å². The van der Waals surface area contributed by atoms with Gasteiger partial charge in [-0.15, -0.1) is 0 Å². The zero-order valence-corrected chi connectivity index (χ0v) is 10.6. The normalized spacial score (nSPS) is 13.5. The van der Waals surface area contributed by atoms with Gasteiger partial charge in [-0.1, -0.05) is 19.1 Å². The van der Waals surface area contributed by atoms with Gasteiger partial charge in [0.05, 0.1) is 12.4 Å². The third-order valence-corrected chi connectivity index (χ3v) is 3.77. The molecule has 0 amide bonds. The van der Waals surface area contributed by atoms with Crippen molar-refractivity contribution in [3.05, 3.63) is 29.8 Å². The maximum absolute atomic E-state index is 11.8. The maximum atomic E-state index is 11.8. The fourth-order valence-corrected chi connectivity index (χ4v) is 2.90. The van der Waals surface area contributed by atoms with E-state index in [0.717, 1.165) is 0 Å². The van der Waals surface area contributed by atoms with E-state index in [9.17, 15) is 8.42 Å². The van der Waals surface area contributed by atoms with Crippen LogP contribution in [-0.2, 0) is 15.8 Å². The lowest BCUT2D eigenvalue weighted by Gasteiger charge is -2.14. The number of hydrogen-bond acceptors (Lipinski definition) is 4. The number of anilines is 1. The lowest BCUT2D eigenvalue weighted by Crippen LogP contribution is -2.37. The third-order valence-electron chi connectivity index (χ3n) is 2.37. The average molecular weight is 258 g/mol. The van der Waals surface area contributed by atoms with Crippen molar-refractivity contribution >= 4 is 15.7 Å². The number of benzene rings is 1. The Hall–Kier alpha value is -1.11. The average Bonchev–Trinajstić information content (AvgIpc) is 2.25. The number of nitrogens with one attached hydrogen (secondary N) is 1. The summed E-state index contributed by atoms with van der Waals surface area (Å²) in [7, 11) is -3.44. The summed E-state index contributed by atoms with van der Waals surface area (Å²) in [6.45, 7) is 1.61. The molecular formula is C11H18N2O3S.